The molecule has 2 atom stereocenters. The quantitative estimate of drug-likeness (QED) is 0.474. The minimum Gasteiger partial charge on any atom is -0.466 e. The van der Waals surface area contributed by atoms with Crippen LogP contribution in [0.15, 0.2) is 22.8 Å². The zero-order valence-corrected chi connectivity index (χ0v) is 19.4. The summed E-state index contributed by atoms with van der Waals surface area (Å²) in [5, 5.41) is 13.4. The van der Waals surface area contributed by atoms with Gasteiger partial charge >= 0.3 is 17.8 Å². The van der Waals surface area contributed by atoms with E-state index in [9.17, 15) is 28.0 Å². The Kier molecular flexibility index (Phi) is 6.53. The van der Waals surface area contributed by atoms with Crippen LogP contribution in [0, 0.1) is 22.7 Å². The minimum atomic E-state index is -5.31. The third-order valence-corrected chi connectivity index (χ3v) is 7.04. The molecule has 7 nitrogen and oxygen atoms in total. The second-order valence-electron chi connectivity index (χ2n) is 8.92. The average Bonchev–Trinajstić information content (AvgIpc) is 3.38. The molecule has 0 spiro atoms. The number of nitriles is 1. The van der Waals surface area contributed by atoms with Crippen LogP contribution in [0.2, 0.25) is 0 Å². The highest BCUT2D eigenvalue weighted by atomic mass is 32.1. The van der Waals surface area contributed by atoms with Crippen LogP contribution >= 0.6 is 11.3 Å². The molecule has 0 aromatic carbocycles. The lowest BCUT2D eigenvalue weighted by atomic mass is 9.72. The van der Waals surface area contributed by atoms with E-state index < -0.39 is 29.5 Å². The molecule has 0 saturated carbocycles. The largest absolute Gasteiger partial charge is 0.466 e. The highest BCUT2D eigenvalue weighted by Crippen LogP contribution is 2.45. The molecule has 11 heteroatoms. The van der Waals surface area contributed by atoms with E-state index in [1.165, 1.54) is 6.07 Å². The van der Waals surface area contributed by atoms with Gasteiger partial charge in [-0.25, -0.2) is 4.79 Å². The predicted octanol–water partition coefficient (Wildman–Crippen LogP) is 4.64. The zero-order chi connectivity index (χ0) is 24.6. The number of methoxy groups -OCH3 is 1. The van der Waals surface area contributed by atoms with Gasteiger partial charge in [0.2, 0.25) is 0 Å². The number of ether oxygens (including phenoxy) is 1. The first-order chi connectivity index (χ1) is 15.3. The highest BCUT2D eigenvalue weighted by molar-refractivity contribution is 7.16. The molecule has 2 aromatic rings. The van der Waals surface area contributed by atoms with E-state index in [4.69, 9.17) is 4.42 Å². The SMILES string of the molecule is COC(=O)[C@@](NC(=O)c1ccco1)(Nc1sc2c(c1C#N)CC[C@H](C(C)(C)C)C2)C(F)(F)F. The van der Waals surface area contributed by atoms with Crippen molar-refractivity contribution in [2.75, 3.05) is 12.4 Å². The van der Waals surface area contributed by atoms with Crippen LogP contribution in [0.5, 0.6) is 0 Å². The molecule has 0 fully saturated rings. The molecule has 2 heterocycles. The number of anilines is 1. The smallest absolute Gasteiger partial charge is 0.441 e. The molecule has 0 aliphatic heterocycles. The Morgan fingerprint density at radius 3 is 2.52 bits per heavy atom. The Morgan fingerprint density at radius 2 is 2.00 bits per heavy atom. The Bertz CT molecular complexity index is 1080. The van der Waals surface area contributed by atoms with E-state index in [0.717, 1.165) is 42.1 Å². The molecule has 1 amide bonds. The number of thiophene rings is 1. The summed E-state index contributed by atoms with van der Waals surface area (Å²) in [6, 6.07) is 4.45. The molecule has 1 aliphatic carbocycles. The summed E-state index contributed by atoms with van der Waals surface area (Å²) in [5.41, 5.74) is -2.94. The zero-order valence-electron chi connectivity index (χ0n) is 18.6. The monoisotopic (exact) mass is 483 g/mol. The van der Waals surface area contributed by atoms with Crippen molar-refractivity contribution in [1.29, 1.82) is 5.26 Å². The standard InChI is InChI=1S/C22H24F3N3O4S/c1-20(2,3)12-7-8-13-14(11-26)18(33-16(13)10-12)28-21(19(30)31-4,22(23,24)25)27-17(29)15-6-5-9-32-15/h5-6,9,12,28H,7-8,10H2,1-4H3,(H,27,29)/t12-,21+/m0/s1. The van der Waals surface area contributed by atoms with Gasteiger partial charge in [-0.3, -0.25) is 4.79 Å². The molecule has 178 valence electrons. The third kappa shape index (κ3) is 4.57. The van der Waals surface area contributed by atoms with Crippen LogP contribution in [-0.4, -0.2) is 30.8 Å². The summed E-state index contributed by atoms with van der Waals surface area (Å²) in [7, 11) is 0.780. The topological polar surface area (TPSA) is 104 Å². The molecule has 33 heavy (non-hydrogen) atoms. The normalized spacial score (nSPS) is 17.9. The van der Waals surface area contributed by atoms with Crippen molar-refractivity contribution < 1.29 is 31.9 Å². The summed E-state index contributed by atoms with van der Waals surface area (Å²) >= 11 is 0.986. The molecule has 2 aromatic heterocycles. The maximum Gasteiger partial charge on any atom is 0.441 e. The first-order valence-corrected chi connectivity index (χ1v) is 11.0. The van der Waals surface area contributed by atoms with Crippen LogP contribution in [0.25, 0.3) is 0 Å². The molecule has 0 radical (unpaired) electrons. The van der Waals surface area contributed by atoms with Gasteiger partial charge in [-0.15, -0.1) is 11.3 Å². The maximum atomic E-state index is 14.4. The molecule has 0 unspecified atom stereocenters. The number of furan rings is 1. The van der Waals surface area contributed by atoms with E-state index in [0.29, 0.717) is 18.4 Å². The van der Waals surface area contributed by atoms with Crippen molar-refractivity contribution >= 4 is 28.2 Å². The highest BCUT2D eigenvalue weighted by Gasteiger charge is 2.64. The van der Waals surface area contributed by atoms with Crippen molar-refractivity contribution in [3.8, 4) is 6.07 Å². The van der Waals surface area contributed by atoms with Gasteiger partial charge in [-0.05, 0) is 48.3 Å². The van der Waals surface area contributed by atoms with E-state index in [1.54, 1.807) is 5.32 Å². The lowest BCUT2D eigenvalue weighted by Gasteiger charge is -2.34. The van der Waals surface area contributed by atoms with E-state index in [1.807, 2.05) is 6.07 Å². The number of carbonyl (C=O) groups excluding carboxylic acids is 2. The van der Waals surface area contributed by atoms with Gasteiger partial charge in [-0.2, -0.15) is 18.4 Å². The van der Waals surface area contributed by atoms with Crippen molar-refractivity contribution in [3.63, 3.8) is 0 Å². The summed E-state index contributed by atoms with van der Waals surface area (Å²) in [6.45, 7) is 6.28. The number of amides is 1. The van der Waals surface area contributed by atoms with Crippen LogP contribution in [0.4, 0.5) is 18.2 Å². The fraction of sp³-hybridized carbons (Fsp3) is 0.500. The van der Waals surface area contributed by atoms with E-state index >= 15 is 0 Å². The van der Waals surface area contributed by atoms with Gasteiger partial charge in [0.05, 0.1) is 18.9 Å². The number of halogens is 3. The second kappa shape index (κ2) is 8.74. The second-order valence-corrected chi connectivity index (χ2v) is 10.0. The van der Waals surface area contributed by atoms with Gasteiger partial charge in [0.1, 0.15) is 11.1 Å². The van der Waals surface area contributed by atoms with Crippen molar-refractivity contribution in [2.45, 2.75) is 51.9 Å². The lowest BCUT2D eigenvalue weighted by molar-refractivity contribution is -0.203. The molecular weight excluding hydrogens is 459 g/mol. The summed E-state index contributed by atoms with van der Waals surface area (Å²) in [4.78, 5) is 25.7. The first kappa shape index (κ1) is 24.6. The number of hydrogen-bond donors (Lipinski definition) is 2. The number of esters is 1. The number of hydrogen-bond acceptors (Lipinski definition) is 7. The number of fused-ring (bicyclic) bond motifs is 1. The fourth-order valence-electron chi connectivity index (χ4n) is 3.89. The fourth-order valence-corrected chi connectivity index (χ4v) is 5.22. The van der Waals surface area contributed by atoms with Gasteiger partial charge in [0, 0.05) is 4.88 Å². The number of nitrogens with one attached hydrogen (secondary N) is 2. The Morgan fingerprint density at radius 1 is 1.30 bits per heavy atom. The molecular formula is C22H24F3N3O4S. The van der Waals surface area contributed by atoms with E-state index in [2.05, 4.69) is 30.8 Å². The van der Waals surface area contributed by atoms with Crippen molar-refractivity contribution in [1.82, 2.24) is 5.32 Å². The van der Waals surface area contributed by atoms with Crippen LogP contribution < -0.4 is 10.6 Å². The number of nitrogens with zero attached hydrogens (tertiary/aromatic N) is 1. The molecule has 0 saturated heterocycles. The van der Waals surface area contributed by atoms with E-state index in [-0.39, 0.29) is 21.9 Å². The summed E-state index contributed by atoms with van der Waals surface area (Å²) < 4.78 is 52.3. The predicted molar refractivity (Wildman–Crippen MR) is 115 cm³/mol. The Balaban J connectivity index is 2.07. The minimum absolute atomic E-state index is 0.0131. The summed E-state index contributed by atoms with van der Waals surface area (Å²) in [6.07, 6.45) is -2.27. The first-order valence-electron chi connectivity index (χ1n) is 10.2. The number of carbonyl (C=O) groups is 2. The molecule has 3 rings (SSSR count). The molecule has 2 N–H and O–H groups in total. The molecule has 0 bridgehead atoms. The number of rotatable bonds is 5. The van der Waals surface area contributed by atoms with Gasteiger partial charge in [0.15, 0.2) is 5.76 Å². The summed E-state index contributed by atoms with van der Waals surface area (Å²) in [5.74, 6) is -3.19. The Labute approximate surface area is 192 Å². The Hall–Kier alpha value is -3.00. The average molecular weight is 484 g/mol. The van der Waals surface area contributed by atoms with Crippen molar-refractivity contribution in [3.05, 3.63) is 40.2 Å². The maximum absolute atomic E-state index is 14.4. The van der Waals surface area contributed by atoms with Crippen LogP contribution in [0.1, 0.15) is 53.8 Å². The van der Waals surface area contributed by atoms with Crippen LogP contribution in [0.3, 0.4) is 0 Å². The van der Waals surface area contributed by atoms with Crippen molar-refractivity contribution in [2.24, 2.45) is 11.3 Å². The van der Waals surface area contributed by atoms with Gasteiger partial charge in [0.25, 0.3) is 5.91 Å². The van der Waals surface area contributed by atoms with Gasteiger partial charge < -0.3 is 19.8 Å². The lowest BCUT2D eigenvalue weighted by Crippen LogP contribution is -2.69. The van der Waals surface area contributed by atoms with Crippen LogP contribution in [-0.2, 0) is 22.4 Å². The molecule has 1 aliphatic rings. The number of alkyl halides is 3. The van der Waals surface area contributed by atoms with Gasteiger partial charge in [-0.1, -0.05) is 20.8 Å². The third-order valence-electron chi connectivity index (χ3n) is 5.87.